The highest BCUT2D eigenvalue weighted by Crippen LogP contribution is 2.31. The Bertz CT molecular complexity index is 670. The number of carbonyl (C=O) groups excluding carboxylic acids is 1. The summed E-state index contributed by atoms with van der Waals surface area (Å²) in [6, 6.07) is 10.3. The Labute approximate surface area is 117 Å². The number of hydrogen-bond acceptors (Lipinski definition) is 3. The second-order valence-electron chi connectivity index (χ2n) is 5.84. The maximum Gasteiger partial charge on any atom is 0.251 e. The number of aromatic nitrogens is 1. The molecule has 4 heteroatoms. The zero-order chi connectivity index (χ0) is 13.5. The molecule has 2 N–H and O–H groups in total. The van der Waals surface area contributed by atoms with Gasteiger partial charge in [-0.1, -0.05) is 6.07 Å². The quantitative estimate of drug-likeness (QED) is 0.871. The lowest BCUT2D eigenvalue weighted by Gasteiger charge is -2.24. The van der Waals surface area contributed by atoms with Crippen molar-refractivity contribution in [2.45, 2.75) is 24.9 Å². The van der Waals surface area contributed by atoms with Crippen molar-refractivity contribution >= 4 is 16.8 Å². The molecule has 3 unspecified atom stereocenters. The van der Waals surface area contributed by atoms with Crippen LogP contribution in [-0.2, 0) is 0 Å². The van der Waals surface area contributed by atoms with Crippen LogP contribution in [0.5, 0.6) is 0 Å². The standard InChI is InChI=1S/C16H17N3O/c20-16(19-15-7-10-6-14(15)18-9-10)12-3-4-13-11(8-12)2-1-5-17-13/h1-5,8,10,14-15,18H,6-7,9H2,(H,19,20). The van der Waals surface area contributed by atoms with Gasteiger partial charge in [0, 0.05) is 29.2 Å². The molecule has 2 bridgehead atoms. The number of benzene rings is 1. The van der Waals surface area contributed by atoms with Crippen molar-refractivity contribution in [3.8, 4) is 0 Å². The molecule has 0 spiro atoms. The van der Waals surface area contributed by atoms with E-state index in [0.717, 1.165) is 29.8 Å². The lowest BCUT2D eigenvalue weighted by molar-refractivity contribution is 0.0928. The smallest absolute Gasteiger partial charge is 0.251 e. The van der Waals surface area contributed by atoms with E-state index in [2.05, 4.69) is 15.6 Å². The van der Waals surface area contributed by atoms with Gasteiger partial charge in [0.25, 0.3) is 5.91 Å². The van der Waals surface area contributed by atoms with Crippen molar-refractivity contribution in [2.24, 2.45) is 5.92 Å². The van der Waals surface area contributed by atoms with Gasteiger partial charge in [-0.15, -0.1) is 0 Å². The summed E-state index contributed by atoms with van der Waals surface area (Å²) in [6.07, 6.45) is 4.08. The topological polar surface area (TPSA) is 54.0 Å². The van der Waals surface area contributed by atoms with Crippen LogP contribution in [0.2, 0.25) is 0 Å². The molecule has 1 aromatic carbocycles. The monoisotopic (exact) mass is 267 g/mol. The molecular weight excluding hydrogens is 250 g/mol. The molecule has 2 fully saturated rings. The van der Waals surface area contributed by atoms with E-state index < -0.39 is 0 Å². The molecule has 1 aliphatic heterocycles. The van der Waals surface area contributed by atoms with Gasteiger partial charge in [0.15, 0.2) is 0 Å². The first-order chi connectivity index (χ1) is 9.79. The number of carbonyl (C=O) groups is 1. The molecule has 2 aromatic rings. The number of nitrogens with one attached hydrogen (secondary N) is 2. The maximum absolute atomic E-state index is 12.4. The Hall–Kier alpha value is -1.94. The zero-order valence-electron chi connectivity index (χ0n) is 11.2. The number of rotatable bonds is 2. The van der Waals surface area contributed by atoms with Crippen LogP contribution in [0.15, 0.2) is 36.5 Å². The van der Waals surface area contributed by atoms with Gasteiger partial charge in [0.2, 0.25) is 0 Å². The van der Waals surface area contributed by atoms with Crippen LogP contribution in [0.25, 0.3) is 10.9 Å². The highest BCUT2D eigenvalue weighted by molar-refractivity contribution is 5.98. The summed E-state index contributed by atoms with van der Waals surface area (Å²) in [7, 11) is 0. The van der Waals surface area contributed by atoms with Gasteiger partial charge in [0.1, 0.15) is 0 Å². The predicted molar refractivity (Wildman–Crippen MR) is 77.5 cm³/mol. The first-order valence-corrected chi connectivity index (χ1v) is 7.18. The van der Waals surface area contributed by atoms with Crippen molar-refractivity contribution in [3.05, 3.63) is 42.1 Å². The second kappa shape index (κ2) is 4.56. The van der Waals surface area contributed by atoms with Crippen LogP contribution in [0.4, 0.5) is 0 Å². The number of piperidine rings is 1. The highest BCUT2D eigenvalue weighted by Gasteiger charge is 2.39. The van der Waals surface area contributed by atoms with E-state index >= 15 is 0 Å². The van der Waals surface area contributed by atoms with E-state index in [1.165, 1.54) is 6.42 Å². The molecule has 3 atom stereocenters. The molecule has 4 rings (SSSR count). The van der Waals surface area contributed by atoms with Crippen molar-refractivity contribution in [2.75, 3.05) is 6.54 Å². The fourth-order valence-electron chi connectivity index (χ4n) is 3.48. The van der Waals surface area contributed by atoms with E-state index in [1.807, 2.05) is 30.3 Å². The van der Waals surface area contributed by atoms with Gasteiger partial charge in [-0.25, -0.2) is 0 Å². The predicted octanol–water partition coefficient (Wildman–Crippen LogP) is 1.71. The number of hydrogen-bond donors (Lipinski definition) is 2. The Balaban J connectivity index is 1.54. The van der Waals surface area contributed by atoms with Crippen molar-refractivity contribution < 1.29 is 4.79 Å². The fourth-order valence-corrected chi connectivity index (χ4v) is 3.48. The molecular formula is C16H17N3O. The average Bonchev–Trinajstić information content (AvgIpc) is 3.09. The van der Waals surface area contributed by atoms with Crippen LogP contribution < -0.4 is 10.6 Å². The lowest BCUT2D eigenvalue weighted by atomic mass is 10.1. The molecule has 102 valence electrons. The Morgan fingerprint density at radius 2 is 2.25 bits per heavy atom. The molecule has 4 nitrogen and oxygen atoms in total. The molecule has 2 heterocycles. The molecule has 1 aromatic heterocycles. The van der Waals surface area contributed by atoms with Crippen molar-refractivity contribution in [3.63, 3.8) is 0 Å². The summed E-state index contributed by atoms with van der Waals surface area (Å²) >= 11 is 0. The third-order valence-corrected chi connectivity index (χ3v) is 4.51. The second-order valence-corrected chi connectivity index (χ2v) is 5.84. The Kier molecular flexibility index (Phi) is 2.70. The van der Waals surface area contributed by atoms with Crippen molar-refractivity contribution in [1.29, 1.82) is 0 Å². The molecule has 0 radical (unpaired) electrons. The summed E-state index contributed by atoms with van der Waals surface area (Å²) < 4.78 is 0. The molecule has 1 amide bonds. The van der Waals surface area contributed by atoms with Crippen LogP contribution in [0.3, 0.4) is 0 Å². The van der Waals surface area contributed by atoms with E-state index in [0.29, 0.717) is 11.6 Å². The minimum absolute atomic E-state index is 0.0232. The number of pyridine rings is 1. The fraction of sp³-hybridized carbons (Fsp3) is 0.375. The van der Waals surface area contributed by atoms with Crippen LogP contribution >= 0.6 is 0 Å². The molecule has 1 saturated carbocycles. The maximum atomic E-state index is 12.4. The first kappa shape index (κ1) is 11.9. The van der Waals surface area contributed by atoms with E-state index in [1.54, 1.807) is 6.20 Å². The average molecular weight is 267 g/mol. The Morgan fingerprint density at radius 1 is 1.30 bits per heavy atom. The van der Waals surface area contributed by atoms with Gasteiger partial charge in [-0.2, -0.15) is 0 Å². The largest absolute Gasteiger partial charge is 0.348 e. The minimum Gasteiger partial charge on any atom is -0.348 e. The van der Waals surface area contributed by atoms with Gasteiger partial charge in [-0.05, 0) is 49.6 Å². The molecule has 20 heavy (non-hydrogen) atoms. The first-order valence-electron chi connectivity index (χ1n) is 7.18. The lowest BCUT2D eigenvalue weighted by Crippen LogP contribution is -2.47. The van der Waals surface area contributed by atoms with Gasteiger partial charge < -0.3 is 10.6 Å². The summed E-state index contributed by atoms with van der Waals surface area (Å²) in [6.45, 7) is 1.11. The van der Waals surface area contributed by atoms with Gasteiger partial charge >= 0.3 is 0 Å². The highest BCUT2D eigenvalue weighted by atomic mass is 16.1. The normalized spacial score (nSPS) is 27.9. The van der Waals surface area contributed by atoms with Crippen LogP contribution in [0, 0.1) is 5.92 Å². The van der Waals surface area contributed by atoms with Gasteiger partial charge in [0.05, 0.1) is 5.52 Å². The summed E-state index contributed by atoms with van der Waals surface area (Å²) in [5, 5.41) is 7.64. The number of amides is 1. The summed E-state index contributed by atoms with van der Waals surface area (Å²) in [4.78, 5) is 16.6. The summed E-state index contributed by atoms with van der Waals surface area (Å²) in [5.74, 6) is 0.765. The van der Waals surface area contributed by atoms with E-state index in [4.69, 9.17) is 0 Å². The zero-order valence-corrected chi connectivity index (χ0v) is 11.2. The number of nitrogens with zero attached hydrogens (tertiary/aromatic N) is 1. The summed E-state index contributed by atoms with van der Waals surface area (Å²) in [5.41, 5.74) is 1.64. The van der Waals surface area contributed by atoms with Gasteiger partial charge in [-0.3, -0.25) is 9.78 Å². The third kappa shape index (κ3) is 1.96. The van der Waals surface area contributed by atoms with E-state index in [9.17, 15) is 4.79 Å². The minimum atomic E-state index is 0.0232. The number of fused-ring (bicyclic) bond motifs is 3. The van der Waals surface area contributed by atoms with Crippen LogP contribution in [-0.4, -0.2) is 29.5 Å². The SMILES string of the molecule is O=C(NC1CC2CNC1C2)c1ccc2ncccc2c1. The van der Waals surface area contributed by atoms with Crippen LogP contribution in [0.1, 0.15) is 23.2 Å². The molecule has 1 saturated heterocycles. The third-order valence-electron chi connectivity index (χ3n) is 4.51. The molecule has 2 aliphatic rings. The van der Waals surface area contributed by atoms with Crippen molar-refractivity contribution in [1.82, 2.24) is 15.6 Å². The molecule has 1 aliphatic carbocycles. The Morgan fingerprint density at radius 3 is 3.05 bits per heavy atom. The van der Waals surface area contributed by atoms with E-state index in [-0.39, 0.29) is 11.9 Å².